The first-order valence-electron chi connectivity index (χ1n) is 7.05. The summed E-state index contributed by atoms with van der Waals surface area (Å²) in [4.78, 5) is 23.7. The first-order valence-corrected chi connectivity index (χ1v) is 7.42. The van der Waals surface area contributed by atoms with Gasteiger partial charge in [0.1, 0.15) is 0 Å². The Labute approximate surface area is 139 Å². The molecule has 0 bridgehead atoms. The van der Waals surface area contributed by atoms with Crippen LogP contribution < -0.4 is 5.32 Å². The fourth-order valence-electron chi connectivity index (χ4n) is 1.77. The number of ether oxygens (including phenoxy) is 1. The van der Waals surface area contributed by atoms with Gasteiger partial charge in [0.25, 0.3) is 5.91 Å². The highest BCUT2D eigenvalue weighted by atomic mass is 35.5. The third-order valence-corrected chi connectivity index (χ3v) is 3.24. The van der Waals surface area contributed by atoms with Crippen LogP contribution in [0.3, 0.4) is 0 Å². The van der Waals surface area contributed by atoms with Crippen LogP contribution in [0.2, 0.25) is 5.02 Å². The van der Waals surface area contributed by atoms with Crippen molar-refractivity contribution in [2.75, 3.05) is 5.32 Å². The van der Waals surface area contributed by atoms with Crippen LogP contribution in [0.25, 0.3) is 6.08 Å². The van der Waals surface area contributed by atoms with E-state index in [1.54, 1.807) is 54.6 Å². The Kier molecular flexibility index (Phi) is 5.94. The van der Waals surface area contributed by atoms with Crippen LogP contribution in [0.5, 0.6) is 0 Å². The quantitative estimate of drug-likeness (QED) is 0.668. The van der Waals surface area contributed by atoms with Crippen LogP contribution in [0.15, 0.2) is 60.7 Å². The summed E-state index contributed by atoms with van der Waals surface area (Å²) in [5.74, 6) is -0.972. The summed E-state index contributed by atoms with van der Waals surface area (Å²) in [6.07, 6.45) is 1.98. The van der Waals surface area contributed by atoms with Gasteiger partial charge in [-0.3, -0.25) is 4.79 Å². The maximum atomic E-state index is 11.9. The number of esters is 1. The molecule has 0 aromatic heterocycles. The number of anilines is 1. The Balaban J connectivity index is 1.86. The van der Waals surface area contributed by atoms with E-state index < -0.39 is 12.1 Å². The van der Waals surface area contributed by atoms with Crippen LogP contribution in [-0.2, 0) is 14.3 Å². The highest BCUT2D eigenvalue weighted by Crippen LogP contribution is 2.11. The average molecular weight is 330 g/mol. The number of hydrogen-bond donors (Lipinski definition) is 1. The van der Waals surface area contributed by atoms with Gasteiger partial charge < -0.3 is 10.1 Å². The third kappa shape index (κ3) is 5.60. The number of rotatable bonds is 5. The van der Waals surface area contributed by atoms with Gasteiger partial charge in [0, 0.05) is 16.8 Å². The summed E-state index contributed by atoms with van der Waals surface area (Å²) in [5, 5.41) is 3.29. The minimum atomic E-state index is -0.891. The molecule has 0 saturated carbocycles. The molecule has 2 rings (SSSR count). The van der Waals surface area contributed by atoms with Crippen molar-refractivity contribution in [3.05, 3.63) is 71.3 Å². The summed E-state index contributed by atoms with van der Waals surface area (Å²) in [7, 11) is 0. The number of amides is 1. The molecule has 23 heavy (non-hydrogen) atoms. The molecule has 118 valence electrons. The van der Waals surface area contributed by atoms with Crippen molar-refractivity contribution < 1.29 is 14.3 Å². The molecule has 0 heterocycles. The number of nitrogens with one attached hydrogen (secondary N) is 1. The van der Waals surface area contributed by atoms with Crippen molar-refractivity contribution in [2.45, 2.75) is 13.0 Å². The van der Waals surface area contributed by atoms with Crippen LogP contribution >= 0.6 is 11.6 Å². The second kappa shape index (κ2) is 8.15. The number of hydrogen-bond acceptors (Lipinski definition) is 3. The normalized spacial score (nSPS) is 11.9. The van der Waals surface area contributed by atoms with E-state index >= 15 is 0 Å². The monoisotopic (exact) mass is 329 g/mol. The second-order valence-electron chi connectivity index (χ2n) is 4.82. The molecule has 2 aromatic rings. The summed E-state index contributed by atoms with van der Waals surface area (Å²) >= 11 is 5.78. The Morgan fingerprint density at radius 1 is 1.09 bits per heavy atom. The molecule has 2 aromatic carbocycles. The van der Waals surface area contributed by atoms with Gasteiger partial charge in [-0.2, -0.15) is 0 Å². The van der Waals surface area contributed by atoms with E-state index in [2.05, 4.69) is 5.32 Å². The number of benzene rings is 2. The zero-order chi connectivity index (χ0) is 16.7. The summed E-state index contributed by atoms with van der Waals surface area (Å²) in [6.45, 7) is 1.52. The fraction of sp³-hybridized carbons (Fsp3) is 0.111. The van der Waals surface area contributed by atoms with Crippen LogP contribution in [0, 0.1) is 0 Å². The van der Waals surface area contributed by atoms with Gasteiger partial charge in [0.2, 0.25) is 0 Å². The van der Waals surface area contributed by atoms with Gasteiger partial charge in [-0.25, -0.2) is 4.79 Å². The maximum Gasteiger partial charge on any atom is 0.331 e. The molecule has 5 heteroatoms. The maximum absolute atomic E-state index is 11.9. The highest BCUT2D eigenvalue weighted by molar-refractivity contribution is 6.30. The van der Waals surface area contributed by atoms with Crippen LogP contribution in [0.1, 0.15) is 12.5 Å². The summed E-state index contributed by atoms with van der Waals surface area (Å²) in [5.41, 5.74) is 1.46. The molecule has 0 fully saturated rings. The number of carbonyl (C=O) groups excluding carboxylic acids is 2. The lowest BCUT2D eigenvalue weighted by molar-refractivity contribution is -0.148. The highest BCUT2D eigenvalue weighted by Gasteiger charge is 2.16. The largest absolute Gasteiger partial charge is 0.449 e. The molecule has 0 radical (unpaired) electrons. The molecule has 0 aliphatic rings. The molecule has 0 saturated heterocycles. The predicted octanol–water partition coefficient (Wildman–Crippen LogP) is 3.92. The average Bonchev–Trinajstić information content (AvgIpc) is 2.55. The van der Waals surface area contributed by atoms with E-state index in [0.717, 1.165) is 5.56 Å². The van der Waals surface area contributed by atoms with E-state index in [1.807, 2.05) is 6.07 Å². The minimum absolute atomic E-state index is 0.385. The van der Waals surface area contributed by atoms with Crippen molar-refractivity contribution in [3.8, 4) is 0 Å². The van der Waals surface area contributed by atoms with Gasteiger partial charge in [-0.05, 0) is 42.8 Å². The molecular weight excluding hydrogens is 314 g/mol. The van der Waals surface area contributed by atoms with Crippen LogP contribution in [-0.4, -0.2) is 18.0 Å². The molecule has 0 spiro atoms. The van der Waals surface area contributed by atoms with E-state index in [1.165, 1.54) is 13.0 Å². The molecular formula is C18H16ClNO3. The lowest BCUT2D eigenvalue weighted by Gasteiger charge is -2.12. The van der Waals surface area contributed by atoms with Crippen molar-refractivity contribution in [1.29, 1.82) is 0 Å². The molecule has 0 aliphatic heterocycles. The third-order valence-electron chi connectivity index (χ3n) is 2.99. The first-order chi connectivity index (χ1) is 11.0. The van der Waals surface area contributed by atoms with Gasteiger partial charge in [-0.15, -0.1) is 0 Å². The van der Waals surface area contributed by atoms with Crippen molar-refractivity contribution >= 4 is 35.2 Å². The summed E-state index contributed by atoms with van der Waals surface area (Å²) in [6, 6.07) is 16.0. The smallest absolute Gasteiger partial charge is 0.331 e. The zero-order valence-corrected chi connectivity index (χ0v) is 13.3. The molecule has 1 N–H and O–H groups in total. The fourth-order valence-corrected chi connectivity index (χ4v) is 1.90. The van der Waals surface area contributed by atoms with Crippen molar-refractivity contribution in [3.63, 3.8) is 0 Å². The Bertz CT molecular complexity index is 696. The number of para-hydroxylation sites is 1. The molecule has 1 atom stereocenters. The Hall–Kier alpha value is -2.59. The van der Waals surface area contributed by atoms with Gasteiger partial charge in [0.15, 0.2) is 6.10 Å². The predicted molar refractivity (Wildman–Crippen MR) is 91.1 cm³/mol. The van der Waals surface area contributed by atoms with Crippen molar-refractivity contribution in [2.24, 2.45) is 0 Å². The van der Waals surface area contributed by atoms with Crippen molar-refractivity contribution in [1.82, 2.24) is 0 Å². The van der Waals surface area contributed by atoms with E-state index in [-0.39, 0.29) is 5.91 Å². The number of carbonyl (C=O) groups is 2. The van der Waals surface area contributed by atoms with Gasteiger partial charge in [0.05, 0.1) is 0 Å². The zero-order valence-electron chi connectivity index (χ0n) is 12.5. The standard InChI is InChI=1S/C18H16ClNO3/c1-13(18(22)20-16-5-3-2-4-6-16)23-17(21)12-9-14-7-10-15(19)11-8-14/h2-13H,1H3,(H,20,22)/b12-9+/t13-/m0/s1. The molecule has 4 nitrogen and oxygen atoms in total. The molecule has 0 unspecified atom stereocenters. The van der Waals surface area contributed by atoms with E-state index in [4.69, 9.17) is 16.3 Å². The van der Waals surface area contributed by atoms with E-state index in [0.29, 0.717) is 10.7 Å². The SMILES string of the molecule is C[C@H](OC(=O)/C=C/c1ccc(Cl)cc1)C(=O)Nc1ccccc1. The second-order valence-corrected chi connectivity index (χ2v) is 5.26. The summed E-state index contributed by atoms with van der Waals surface area (Å²) < 4.78 is 5.07. The van der Waals surface area contributed by atoms with Gasteiger partial charge in [-0.1, -0.05) is 41.9 Å². The van der Waals surface area contributed by atoms with E-state index in [9.17, 15) is 9.59 Å². The first kappa shape index (κ1) is 16.8. The lowest BCUT2D eigenvalue weighted by Crippen LogP contribution is -2.29. The Morgan fingerprint density at radius 3 is 2.39 bits per heavy atom. The topological polar surface area (TPSA) is 55.4 Å². The minimum Gasteiger partial charge on any atom is -0.449 e. The number of halogens is 1. The molecule has 0 aliphatic carbocycles. The Morgan fingerprint density at radius 2 is 1.74 bits per heavy atom. The van der Waals surface area contributed by atoms with Crippen LogP contribution in [0.4, 0.5) is 5.69 Å². The van der Waals surface area contributed by atoms with Gasteiger partial charge >= 0.3 is 5.97 Å². The molecule has 1 amide bonds. The lowest BCUT2D eigenvalue weighted by atomic mass is 10.2.